The van der Waals surface area contributed by atoms with Gasteiger partial charge in [-0.1, -0.05) is 6.07 Å². The summed E-state index contributed by atoms with van der Waals surface area (Å²) in [5, 5.41) is 4.47. The van der Waals surface area contributed by atoms with E-state index in [0.29, 0.717) is 19.5 Å². The van der Waals surface area contributed by atoms with Crippen LogP contribution in [-0.2, 0) is 4.79 Å². The molecule has 3 amide bonds. The van der Waals surface area contributed by atoms with Gasteiger partial charge in [0.1, 0.15) is 11.6 Å². The number of hydrogen-bond donors (Lipinski definition) is 1. The van der Waals surface area contributed by atoms with Crippen LogP contribution in [0.5, 0.6) is 0 Å². The molecule has 2 aromatic rings. The predicted molar refractivity (Wildman–Crippen MR) is 99.5 cm³/mol. The Morgan fingerprint density at radius 2 is 2.00 bits per heavy atom. The zero-order valence-corrected chi connectivity index (χ0v) is 15.9. The lowest BCUT2D eigenvalue weighted by Gasteiger charge is -2.33. The first-order valence-corrected chi connectivity index (χ1v) is 9.41. The number of rotatable bonds is 3. The normalized spacial score (nSPS) is 16.9. The van der Waals surface area contributed by atoms with Gasteiger partial charge in [-0.05, 0) is 25.0 Å². The molecule has 1 fully saturated rings. The summed E-state index contributed by atoms with van der Waals surface area (Å²) in [6.07, 6.45) is 1.41. The molecule has 0 saturated carbocycles. The van der Waals surface area contributed by atoms with Crippen molar-refractivity contribution < 1.29 is 18.4 Å². The SMILES string of the molecule is CN(C)C(=O)N1CCC[C@@H](C(=O)Nc2nc(-c3c(F)cccc3F)cs2)C1. The molecular formula is C18H20F2N4O2S. The van der Waals surface area contributed by atoms with Crippen molar-refractivity contribution in [2.24, 2.45) is 5.92 Å². The molecule has 9 heteroatoms. The Balaban J connectivity index is 1.68. The molecule has 2 heterocycles. The van der Waals surface area contributed by atoms with E-state index in [1.807, 2.05) is 0 Å². The number of hydrogen-bond acceptors (Lipinski definition) is 4. The van der Waals surface area contributed by atoms with Crippen molar-refractivity contribution in [1.29, 1.82) is 0 Å². The number of amides is 3. The van der Waals surface area contributed by atoms with Crippen molar-refractivity contribution in [2.75, 3.05) is 32.5 Å². The number of thiazole rings is 1. The minimum absolute atomic E-state index is 0.126. The van der Waals surface area contributed by atoms with E-state index in [2.05, 4.69) is 10.3 Å². The molecule has 144 valence electrons. The second kappa shape index (κ2) is 7.99. The van der Waals surface area contributed by atoms with Gasteiger partial charge in [-0.25, -0.2) is 18.6 Å². The molecule has 0 bridgehead atoms. The lowest BCUT2D eigenvalue weighted by Crippen LogP contribution is -2.47. The van der Waals surface area contributed by atoms with E-state index in [-0.39, 0.29) is 34.2 Å². The molecule has 1 atom stereocenters. The van der Waals surface area contributed by atoms with Crippen molar-refractivity contribution >= 4 is 28.4 Å². The van der Waals surface area contributed by atoms with Gasteiger partial charge in [0.2, 0.25) is 5.91 Å². The molecule has 0 spiro atoms. The molecule has 6 nitrogen and oxygen atoms in total. The molecule has 1 aromatic carbocycles. The highest BCUT2D eigenvalue weighted by molar-refractivity contribution is 7.14. The van der Waals surface area contributed by atoms with Crippen LogP contribution in [0.25, 0.3) is 11.3 Å². The smallest absolute Gasteiger partial charge is 0.319 e. The van der Waals surface area contributed by atoms with E-state index in [9.17, 15) is 18.4 Å². The maximum absolute atomic E-state index is 13.9. The number of nitrogens with zero attached hydrogens (tertiary/aromatic N) is 3. The first-order valence-electron chi connectivity index (χ1n) is 8.54. The molecule has 1 aliphatic heterocycles. The largest absolute Gasteiger partial charge is 0.331 e. The molecule has 27 heavy (non-hydrogen) atoms. The van der Waals surface area contributed by atoms with E-state index in [4.69, 9.17) is 0 Å². The molecule has 1 saturated heterocycles. The van der Waals surface area contributed by atoms with Crippen molar-refractivity contribution in [3.63, 3.8) is 0 Å². The van der Waals surface area contributed by atoms with Gasteiger partial charge in [0.15, 0.2) is 5.13 Å². The van der Waals surface area contributed by atoms with Crippen LogP contribution in [0, 0.1) is 17.6 Å². The maximum Gasteiger partial charge on any atom is 0.319 e. The molecule has 1 aromatic heterocycles. The number of benzene rings is 1. The van der Waals surface area contributed by atoms with Gasteiger partial charge in [-0.2, -0.15) is 0 Å². The highest BCUT2D eigenvalue weighted by Crippen LogP contribution is 2.29. The third-order valence-electron chi connectivity index (χ3n) is 4.40. The lowest BCUT2D eigenvalue weighted by atomic mass is 9.97. The van der Waals surface area contributed by atoms with E-state index < -0.39 is 11.6 Å². The van der Waals surface area contributed by atoms with E-state index in [1.54, 1.807) is 19.0 Å². The topological polar surface area (TPSA) is 65.5 Å². The quantitative estimate of drug-likeness (QED) is 0.868. The van der Waals surface area contributed by atoms with Crippen LogP contribution in [0.2, 0.25) is 0 Å². The van der Waals surface area contributed by atoms with Crippen molar-refractivity contribution in [2.45, 2.75) is 12.8 Å². The van der Waals surface area contributed by atoms with Crippen LogP contribution >= 0.6 is 11.3 Å². The maximum atomic E-state index is 13.9. The van der Waals surface area contributed by atoms with Gasteiger partial charge in [0, 0.05) is 32.6 Å². The summed E-state index contributed by atoms with van der Waals surface area (Å²) in [5.74, 6) is -2.01. The summed E-state index contributed by atoms with van der Waals surface area (Å²) in [7, 11) is 3.34. The van der Waals surface area contributed by atoms with Crippen molar-refractivity contribution in [1.82, 2.24) is 14.8 Å². The van der Waals surface area contributed by atoms with E-state index in [0.717, 1.165) is 29.9 Å². The summed E-state index contributed by atoms with van der Waals surface area (Å²) < 4.78 is 27.8. The Kier molecular flexibility index (Phi) is 5.69. The highest BCUT2D eigenvalue weighted by atomic mass is 32.1. The third kappa shape index (κ3) is 4.24. The van der Waals surface area contributed by atoms with Crippen LogP contribution in [0.1, 0.15) is 12.8 Å². The van der Waals surface area contributed by atoms with Gasteiger partial charge in [0.25, 0.3) is 0 Å². The molecule has 0 unspecified atom stereocenters. The van der Waals surface area contributed by atoms with Gasteiger partial charge in [-0.3, -0.25) is 4.79 Å². The molecule has 0 aliphatic carbocycles. The number of anilines is 1. The third-order valence-corrected chi connectivity index (χ3v) is 5.16. The van der Waals surface area contributed by atoms with E-state index in [1.165, 1.54) is 16.3 Å². The number of piperidine rings is 1. The van der Waals surface area contributed by atoms with Crippen molar-refractivity contribution in [3.8, 4) is 11.3 Å². The van der Waals surface area contributed by atoms with Crippen LogP contribution in [0.4, 0.5) is 18.7 Å². The van der Waals surface area contributed by atoms with Crippen LogP contribution < -0.4 is 5.32 Å². The zero-order chi connectivity index (χ0) is 19.6. The van der Waals surface area contributed by atoms with Gasteiger partial charge in [0.05, 0.1) is 17.2 Å². The minimum Gasteiger partial charge on any atom is -0.331 e. The number of aromatic nitrogens is 1. The summed E-state index contributed by atoms with van der Waals surface area (Å²) in [5.41, 5.74) is -0.0753. The number of likely N-dealkylation sites (tertiary alicyclic amines) is 1. The second-order valence-electron chi connectivity index (χ2n) is 6.59. The van der Waals surface area contributed by atoms with E-state index >= 15 is 0 Å². The summed E-state index contributed by atoms with van der Waals surface area (Å²) in [6, 6.07) is 3.48. The predicted octanol–water partition coefficient (Wildman–Crippen LogP) is 3.42. The zero-order valence-electron chi connectivity index (χ0n) is 15.0. The summed E-state index contributed by atoms with van der Waals surface area (Å²) in [6.45, 7) is 0.956. The highest BCUT2D eigenvalue weighted by Gasteiger charge is 2.29. The molecule has 0 radical (unpaired) electrons. The number of halogens is 2. The standard InChI is InChI=1S/C18H20F2N4O2S/c1-23(2)18(26)24-8-4-5-11(9-24)16(25)22-17-21-14(10-27-17)15-12(19)6-3-7-13(15)20/h3,6-7,10-11H,4-5,8-9H2,1-2H3,(H,21,22,25)/t11-/m1/s1. The number of nitrogens with one attached hydrogen (secondary N) is 1. The Labute approximate surface area is 159 Å². The Morgan fingerprint density at radius 1 is 1.30 bits per heavy atom. The second-order valence-corrected chi connectivity index (χ2v) is 7.44. The average molecular weight is 394 g/mol. The molecule has 1 N–H and O–H groups in total. The Hall–Kier alpha value is -2.55. The monoisotopic (exact) mass is 394 g/mol. The molecular weight excluding hydrogens is 374 g/mol. The number of carbonyl (C=O) groups excluding carboxylic acids is 2. The van der Waals surface area contributed by atoms with Crippen LogP contribution in [0.3, 0.4) is 0 Å². The first-order chi connectivity index (χ1) is 12.9. The minimum atomic E-state index is -0.705. The van der Waals surface area contributed by atoms with Gasteiger partial charge in [-0.15, -0.1) is 11.3 Å². The summed E-state index contributed by atoms with van der Waals surface area (Å²) in [4.78, 5) is 31.9. The molecule has 1 aliphatic rings. The molecule has 3 rings (SSSR count). The van der Waals surface area contributed by atoms with Gasteiger partial charge < -0.3 is 15.1 Å². The van der Waals surface area contributed by atoms with Gasteiger partial charge >= 0.3 is 6.03 Å². The average Bonchev–Trinajstić information content (AvgIpc) is 3.09. The number of carbonyl (C=O) groups is 2. The fourth-order valence-electron chi connectivity index (χ4n) is 3.04. The van der Waals surface area contributed by atoms with Crippen molar-refractivity contribution in [3.05, 3.63) is 35.2 Å². The number of urea groups is 1. The van der Waals surface area contributed by atoms with Crippen LogP contribution in [-0.4, -0.2) is 53.9 Å². The fourth-order valence-corrected chi connectivity index (χ4v) is 3.75. The summed E-state index contributed by atoms with van der Waals surface area (Å²) >= 11 is 1.10. The Morgan fingerprint density at radius 3 is 2.67 bits per heavy atom. The van der Waals surface area contributed by atoms with Crippen LogP contribution in [0.15, 0.2) is 23.6 Å². The first kappa shape index (κ1) is 19.2. The fraction of sp³-hybridized carbons (Fsp3) is 0.389. The Bertz CT molecular complexity index is 835. The lowest BCUT2D eigenvalue weighted by molar-refractivity contribution is -0.121.